The first-order chi connectivity index (χ1) is 20.9. The molecule has 2 aromatic carbocycles. The summed E-state index contributed by atoms with van der Waals surface area (Å²) in [6, 6.07) is 17.1. The number of nitrogens with zero attached hydrogens (tertiary/aromatic N) is 5. The van der Waals surface area contributed by atoms with Crippen molar-refractivity contribution >= 4 is 28.9 Å². The van der Waals surface area contributed by atoms with Gasteiger partial charge in [-0.1, -0.05) is 30.3 Å². The van der Waals surface area contributed by atoms with Gasteiger partial charge in [-0.05, 0) is 63.4 Å². The molecule has 0 saturated carbocycles. The van der Waals surface area contributed by atoms with Gasteiger partial charge in [0.1, 0.15) is 5.69 Å². The van der Waals surface area contributed by atoms with Gasteiger partial charge in [0.15, 0.2) is 17.3 Å². The lowest BCUT2D eigenvalue weighted by Gasteiger charge is -2.42. The molecule has 0 aliphatic carbocycles. The van der Waals surface area contributed by atoms with E-state index in [1.54, 1.807) is 0 Å². The molecule has 3 fully saturated rings. The Hall–Kier alpha value is -3.73. The quantitative estimate of drug-likeness (QED) is 0.360. The largest absolute Gasteiger partial charge is 0.381 e. The van der Waals surface area contributed by atoms with E-state index in [0.717, 1.165) is 55.8 Å². The van der Waals surface area contributed by atoms with E-state index in [4.69, 9.17) is 20.4 Å². The maximum absolute atomic E-state index is 12.6. The summed E-state index contributed by atoms with van der Waals surface area (Å²) in [5.74, 6) is 0.357. The van der Waals surface area contributed by atoms with Crippen molar-refractivity contribution in [1.82, 2.24) is 19.8 Å². The van der Waals surface area contributed by atoms with Crippen LogP contribution in [0.4, 0.5) is 23.0 Å². The van der Waals surface area contributed by atoms with Gasteiger partial charge in [0.2, 0.25) is 0 Å². The highest BCUT2D eigenvalue weighted by Gasteiger charge is 2.27. The van der Waals surface area contributed by atoms with Crippen molar-refractivity contribution in [1.29, 1.82) is 0 Å². The fourth-order valence-corrected chi connectivity index (χ4v) is 6.42. The number of primary amides is 1. The van der Waals surface area contributed by atoms with E-state index >= 15 is 0 Å². The normalized spacial score (nSPS) is 19.3. The van der Waals surface area contributed by atoms with Gasteiger partial charge in [-0.3, -0.25) is 9.69 Å². The highest BCUT2D eigenvalue weighted by atomic mass is 16.5. The summed E-state index contributed by atoms with van der Waals surface area (Å²) in [7, 11) is 2.21. The van der Waals surface area contributed by atoms with Crippen LogP contribution in [0.1, 0.15) is 41.7 Å². The molecule has 3 aliphatic rings. The second-order valence-corrected chi connectivity index (χ2v) is 12.1. The minimum Gasteiger partial charge on any atom is -0.381 e. The molecule has 3 aliphatic heterocycles. The zero-order chi connectivity index (χ0) is 29.8. The van der Waals surface area contributed by atoms with Crippen LogP contribution in [0.3, 0.4) is 0 Å². The molecule has 43 heavy (non-hydrogen) atoms. The molecule has 10 nitrogen and oxygen atoms in total. The molecule has 4 heterocycles. The Balaban J connectivity index is 1.21. The number of nitrogens with two attached hydrogens (primary N) is 1. The first-order valence-corrected chi connectivity index (χ1v) is 15.6. The lowest BCUT2D eigenvalue weighted by Crippen LogP contribution is -2.52. The van der Waals surface area contributed by atoms with Gasteiger partial charge in [-0.2, -0.15) is 0 Å². The van der Waals surface area contributed by atoms with Crippen LogP contribution in [0.5, 0.6) is 0 Å². The molecule has 228 valence electrons. The zero-order valence-corrected chi connectivity index (χ0v) is 25.4. The predicted molar refractivity (Wildman–Crippen MR) is 172 cm³/mol. The molecule has 6 rings (SSSR count). The molecule has 0 spiro atoms. The number of carbonyl (C=O) groups excluding carboxylic acids is 1. The topological polar surface area (TPSA) is 112 Å². The fraction of sp³-hybridized carbons (Fsp3) is 0.485. The van der Waals surface area contributed by atoms with E-state index < -0.39 is 5.91 Å². The molecular weight excluding hydrogens is 540 g/mol. The second-order valence-electron chi connectivity index (χ2n) is 12.1. The molecule has 3 saturated heterocycles. The van der Waals surface area contributed by atoms with Crippen LogP contribution in [-0.2, 0) is 4.74 Å². The third-order valence-corrected chi connectivity index (χ3v) is 9.09. The number of carbonyl (C=O) groups is 1. The Bertz CT molecular complexity index is 1400. The van der Waals surface area contributed by atoms with Gasteiger partial charge < -0.3 is 30.9 Å². The number of anilines is 4. The van der Waals surface area contributed by atoms with Crippen LogP contribution < -0.4 is 21.3 Å². The van der Waals surface area contributed by atoms with Gasteiger partial charge in [0.05, 0.1) is 0 Å². The number of amides is 1. The smallest absolute Gasteiger partial charge is 0.271 e. The van der Waals surface area contributed by atoms with Gasteiger partial charge in [0.25, 0.3) is 5.91 Å². The van der Waals surface area contributed by atoms with Crippen molar-refractivity contribution in [2.24, 2.45) is 5.73 Å². The Kier molecular flexibility index (Phi) is 9.06. The van der Waals surface area contributed by atoms with Gasteiger partial charge in [-0.15, -0.1) is 0 Å². The van der Waals surface area contributed by atoms with Crippen LogP contribution in [0.15, 0.2) is 48.5 Å². The summed E-state index contributed by atoms with van der Waals surface area (Å²) in [5.41, 5.74) is 10.6. The predicted octanol–water partition coefficient (Wildman–Crippen LogP) is 4.10. The lowest BCUT2D eigenvalue weighted by atomic mass is 10.0. The minimum absolute atomic E-state index is 0.117. The summed E-state index contributed by atoms with van der Waals surface area (Å²) in [6.45, 7) is 10.3. The van der Waals surface area contributed by atoms with Crippen molar-refractivity contribution in [3.63, 3.8) is 0 Å². The van der Waals surface area contributed by atoms with E-state index in [1.165, 1.54) is 31.6 Å². The number of rotatable bonds is 8. The number of nitrogens with one attached hydrogen (secondary N) is 2. The monoisotopic (exact) mass is 584 g/mol. The molecule has 4 N–H and O–H groups in total. The van der Waals surface area contributed by atoms with E-state index in [2.05, 4.69) is 57.5 Å². The van der Waals surface area contributed by atoms with Crippen LogP contribution in [0.2, 0.25) is 0 Å². The first kappa shape index (κ1) is 29.3. The van der Waals surface area contributed by atoms with Crippen LogP contribution in [0.25, 0.3) is 11.3 Å². The van der Waals surface area contributed by atoms with E-state index in [-0.39, 0.29) is 11.7 Å². The molecular formula is C33H44N8O2. The Labute approximate surface area is 254 Å². The number of aromatic nitrogens is 2. The zero-order valence-electron chi connectivity index (χ0n) is 25.4. The number of aryl methyl sites for hydroxylation is 1. The third-order valence-electron chi connectivity index (χ3n) is 9.09. The maximum Gasteiger partial charge on any atom is 0.271 e. The number of benzene rings is 2. The highest BCUT2D eigenvalue weighted by Crippen LogP contribution is 2.32. The number of piperazine rings is 1. The second kappa shape index (κ2) is 13.3. The maximum atomic E-state index is 12.6. The van der Waals surface area contributed by atoms with Gasteiger partial charge >= 0.3 is 0 Å². The number of piperidine rings is 1. The minimum atomic E-state index is -0.623. The summed E-state index contributed by atoms with van der Waals surface area (Å²) in [4.78, 5) is 29.9. The fourth-order valence-electron chi connectivity index (χ4n) is 6.42. The van der Waals surface area contributed by atoms with Crippen molar-refractivity contribution in [3.05, 3.63) is 59.8 Å². The molecule has 0 bridgehead atoms. The van der Waals surface area contributed by atoms with E-state index in [0.29, 0.717) is 36.6 Å². The van der Waals surface area contributed by atoms with Crippen molar-refractivity contribution in [2.45, 2.75) is 44.7 Å². The van der Waals surface area contributed by atoms with Gasteiger partial charge in [0, 0.05) is 81.5 Å². The van der Waals surface area contributed by atoms with Crippen molar-refractivity contribution in [2.75, 3.05) is 75.1 Å². The Morgan fingerprint density at radius 1 is 0.907 bits per heavy atom. The molecule has 3 aromatic rings. The van der Waals surface area contributed by atoms with E-state index in [9.17, 15) is 4.79 Å². The average Bonchev–Trinajstić information content (AvgIpc) is 3.03. The lowest BCUT2D eigenvalue weighted by molar-refractivity contribution is 0.0904. The van der Waals surface area contributed by atoms with Crippen molar-refractivity contribution in [3.8, 4) is 11.3 Å². The molecule has 0 radical (unpaired) electrons. The average molecular weight is 585 g/mol. The van der Waals surface area contributed by atoms with Crippen LogP contribution in [-0.4, -0.2) is 97.3 Å². The number of hydrogen-bond acceptors (Lipinski definition) is 9. The number of ether oxygens (including phenoxy) is 1. The Morgan fingerprint density at radius 2 is 1.63 bits per heavy atom. The molecule has 1 amide bonds. The van der Waals surface area contributed by atoms with Crippen molar-refractivity contribution < 1.29 is 9.53 Å². The third kappa shape index (κ3) is 6.92. The summed E-state index contributed by atoms with van der Waals surface area (Å²) >= 11 is 0. The molecule has 10 heteroatoms. The number of hydrogen-bond donors (Lipinski definition) is 3. The summed E-state index contributed by atoms with van der Waals surface area (Å²) in [6.07, 6.45) is 4.14. The molecule has 0 atom stereocenters. The standard InChI is InChI=1S/C33H44N8O2/c1-23-22-27(40-14-10-26(11-15-40)41-18-16-39(2)17-19-41)8-9-28(23)36-33-30(31(34)42)37-29(24-6-4-3-5-7-24)32(38-33)35-25-12-20-43-21-13-25/h3-9,22,25-26H,10-21H2,1-2H3,(H2,34,42)(H2,35,36,38). The highest BCUT2D eigenvalue weighted by molar-refractivity contribution is 5.97. The van der Waals surface area contributed by atoms with Gasteiger partial charge in [-0.25, -0.2) is 9.97 Å². The van der Waals surface area contributed by atoms with E-state index in [1.807, 2.05) is 30.3 Å². The number of likely N-dealkylation sites (N-methyl/N-ethyl adjacent to an activating group) is 1. The first-order valence-electron chi connectivity index (χ1n) is 15.6. The summed E-state index contributed by atoms with van der Waals surface area (Å²) in [5, 5.41) is 6.97. The summed E-state index contributed by atoms with van der Waals surface area (Å²) < 4.78 is 5.55. The SMILES string of the molecule is Cc1cc(N2CCC(N3CCN(C)CC3)CC2)ccc1Nc1nc(NC2CCOCC2)c(-c2ccccc2)nc1C(N)=O. The molecule has 1 aromatic heterocycles. The Morgan fingerprint density at radius 3 is 2.30 bits per heavy atom. The van der Waals surface area contributed by atoms with Crippen LogP contribution in [0, 0.1) is 6.92 Å². The molecule has 0 unspecified atom stereocenters. The van der Waals surface area contributed by atoms with Crippen LogP contribution >= 0.6 is 0 Å².